The van der Waals surface area contributed by atoms with Crippen molar-refractivity contribution in [2.24, 2.45) is 0 Å². The molecular weight excluding hydrogens is 191 g/mol. The van der Waals surface area contributed by atoms with Crippen LogP contribution in [0.5, 0.6) is 0 Å². The quantitative estimate of drug-likeness (QED) is 0.638. The molecule has 1 aromatic carbocycles. The molecule has 1 aromatic heterocycles. The third-order valence-electron chi connectivity index (χ3n) is 2.22. The van der Waals surface area contributed by atoms with Gasteiger partial charge in [-0.25, -0.2) is 8.81 Å². The highest BCUT2D eigenvalue weighted by Gasteiger charge is 2.09. The van der Waals surface area contributed by atoms with Crippen LogP contribution in [0.25, 0.3) is 11.1 Å². The monoisotopic (exact) mass is 203 g/mol. The fourth-order valence-corrected chi connectivity index (χ4v) is 1.60. The van der Waals surface area contributed by atoms with E-state index in [9.17, 15) is 4.39 Å². The molecule has 0 amide bonds. The zero-order chi connectivity index (χ0) is 10.8. The number of benzene rings is 1. The Bertz CT molecular complexity index is 454. The Labute approximate surface area is 88.2 Å². The van der Waals surface area contributed by atoms with Gasteiger partial charge in [0.25, 0.3) is 0 Å². The third kappa shape index (κ3) is 2.21. The Morgan fingerprint density at radius 1 is 0.867 bits per heavy atom. The molecular formula is C13H12FO+. The third-order valence-corrected chi connectivity index (χ3v) is 2.22. The minimum absolute atomic E-state index is 0.215. The Kier molecular flexibility index (Phi) is 2.50. The molecule has 0 atom stereocenters. The van der Waals surface area contributed by atoms with Crippen molar-refractivity contribution in [1.29, 1.82) is 0 Å². The summed E-state index contributed by atoms with van der Waals surface area (Å²) in [6.45, 7) is 3.81. The van der Waals surface area contributed by atoms with E-state index in [0.29, 0.717) is 0 Å². The van der Waals surface area contributed by atoms with Crippen LogP contribution in [0.1, 0.15) is 11.5 Å². The molecule has 0 bridgehead atoms. The van der Waals surface area contributed by atoms with Crippen LogP contribution in [-0.2, 0) is 0 Å². The Hall–Kier alpha value is -1.70. The second kappa shape index (κ2) is 3.81. The molecule has 0 N–H and O–H groups in total. The fourth-order valence-electron chi connectivity index (χ4n) is 1.60. The molecule has 0 saturated heterocycles. The van der Waals surface area contributed by atoms with Crippen LogP contribution in [-0.4, -0.2) is 0 Å². The van der Waals surface area contributed by atoms with Crippen LogP contribution in [0.2, 0.25) is 0 Å². The Morgan fingerprint density at radius 2 is 1.40 bits per heavy atom. The summed E-state index contributed by atoms with van der Waals surface area (Å²) in [5.74, 6) is 1.50. The van der Waals surface area contributed by atoms with Crippen LogP contribution in [0.4, 0.5) is 4.39 Å². The van der Waals surface area contributed by atoms with Crippen molar-refractivity contribution in [3.8, 4) is 11.1 Å². The van der Waals surface area contributed by atoms with E-state index in [-0.39, 0.29) is 5.82 Å². The molecule has 1 nitrogen and oxygen atoms in total. The Balaban J connectivity index is 2.49. The molecule has 0 aliphatic heterocycles. The van der Waals surface area contributed by atoms with E-state index in [1.165, 1.54) is 12.1 Å². The van der Waals surface area contributed by atoms with Crippen molar-refractivity contribution in [3.63, 3.8) is 0 Å². The molecule has 15 heavy (non-hydrogen) atoms. The van der Waals surface area contributed by atoms with Gasteiger partial charge in [-0.05, 0) is 23.3 Å². The number of aryl methyl sites for hydroxylation is 2. The molecule has 76 valence electrons. The van der Waals surface area contributed by atoms with Gasteiger partial charge in [-0.3, -0.25) is 0 Å². The lowest BCUT2D eigenvalue weighted by Crippen LogP contribution is -1.83. The van der Waals surface area contributed by atoms with Gasteiger partial charge >= 0.3 is 11.5 Å². The summed E-state index contributed by atoms with van der Waals surface area (Å²) in [5.41, 5.74) is 2.05. The van der Waals surface area contributed by atoms with Crippen molar-refractivity contribution < 1.29 is 8.81 Å². The highest BCUT2D eigenvalue weighted by molar-refractivity contribution is 5.63. The highest BCUT2D eigenvalue weighted by atomic mass is 19.1. The summed E-state index contributed by atoms with van der Waals surface area (Å²) >= 11 is 0. The van der Waals surface area contributed by atoms with Crippen LogP contribution in [0.3, 0.4) is 0 Å². The second-order valence-electron chi connectivity index (χ2n) is 3.57. The predicted octanol–water partition coefficient (Wildman–Crippen LogP) is 3.98. The molecule has 2 rings (SSSR count). The maximum absolute atomic E-state index is 12.7. The van der Waals surface area contributed by atoms with Crippen LogP contribution in [0.15, 0.2) is 40.8 Å². The van der Waals surface area contributed by atoms with E-state index in [4.69, 9.17) is 4.42 Å². The van der Waals surface area contributed by atoms with Gasteiger partial charge in [0.15, 0.2) is 0 Å². The van der Waals surface area contributed by atoms with E-state index < -0.39 is 0 Å². The number of rotatable bonds is 1. The van der Waals surface area contributed by atoms with Gasteiger partial charge in [-0.2, -0.15) is 0 Å². The van der Waals surface area contributed by atoms with E-state index in [1.807, 2.05) is 26.0 Å². The average molecular weight is 203 g/mol. The summed E-state index contributed by atoms with van der Waals surface area (Å²) in [4.78, 5) is 0. The zero-order valence-corrected chi connectivity index (χ0v) is 8.75. The van der Waals surface area contributed by atoms with Gasteiger partial charge in [0, 0.05) is 12.1 Å². The molecule has 2 heteroatoms. The first kappa shape index (κ1) is 9.84. The van der Waals surface area contributed by atoms with E-state index in [1.54, 1.807) is 12.1 Å². The first-order valence-corrected chi connectivity index (χ1v) is 4.82. The molecule has 0 saturated carbocycles. The predicted molar refractivity (Wildman–Crippen MR) is 58.0 cm³/mol. The molecule has 0 aliphatic rings. The summed E-state index contributed by atoms with van der Waals surface area (Å²) in [6.07, 6.45) is 0. The van der Waals surface area contributed by atoms with Crippen molar-refractivity contribution >= 4 is 0 Å². The molecule has 2 aromatic rings. The number of halogens is 1. The van der Waals surface area contributed by atoms with Crippen LogP contribution < -0.4 is 0 Å². The number of hydrogen-bond donors (Lipinski definition) is 0. The topological polar surface area (TPSA) is 11.3 Å². The largest absolute Gasteiger partial charge is 0.327 e. The lowest BCUT2D eigenvalue weighted by molar-refractivity contribution is 0.487. The van der Waals surface area contributed by atoms with Crippen molar-refractivity contribution in [1.82, 2.24) is 0 Å². The lowest BCUT2D eigenvalue weighted by atomic mass is 10.1. The van der Waals surface area contributed by atoms with E-state index in [0.717, 1.165) is 22.6 Å². The molecule has 0 aliphatic carbocycles. The average Bonchev–Trinajstić information content (AvgIpc) is 2.17. The van der Waals surface area contributed by atoms with Gasteiger partial charge in [0.05, 0.1) is 13.8 Å². The van der Waals surface area contributed by atoms with Gasteiger partial charge in [0.1, 0.15) is 5.82 Å². The summed E-state index contributed by atoms with van der Waals surface area (Å²) in [5, 5.41) is 0. The first-order valence-electron chi connectivity index (χ1n) is 4.82. The zero-order valence-electron chi connectivity index (χ0n) is 8.75. The molecule has 0 fully saturated rings. The minimum Gasteiger partial charge on any atom is -0.218 e. The van der Waals surface area contributed by atoms with Crippen molar-refractivity contribution in [2.45, 2.75) is 13.8 Å². The standard InChI is InChI=1S/C13H12FO/c1-9-7-12(8-10(2)15-9)11-3-5-13(14)6-4-11/h3-8H,1-2H3/q+1. The first-order chi connectivity index (χ1) is 7.15. The second-order valence-corrected chi connectivity index (χ2v) is 3.57. The molecule has 0 radical (unpaired) electrons. The highest BCUT2D eigenvalue weighted by Crippen LogP contribution is 2.22. The smallest absolute Gasteiger partial charge is 0.218 e. The minimum atomic E-state index is -0.215. The molecule has 0 unspecified atom stereocenters. The fraction of sp³-hybridized carbons (Fsp3) is 0.154. The van der Waals surface area contributed by atoms with E-state index in [2.05, 4.69) is 0 Å². The molecule has 0 spiro atoms. The van der Waals surface area contributed by atoms with E-state index >= 15 is 0 Å². The summed E-state index contributed by atoms with van der Waals surface area (Å²) in [6, 6.07) is 10.3. The maximum atomic E-state index is 12.7. The summed E-state index contributed by atoms with van der Waals surface area (Å²) < 4.78 is 18.1. The van der Waals surface area contributed by atoms with Gasteiger partial charge < -0.3 is 0 Å². The van der Waals surface area contributed by atoms with Crippen LogP contribution in [0, 0.1) is 19.7 Å². The Morgan fingerprint density at radius 3 is 1.93 bits per heavy atom. The van der Waals surface area contributed by atoms with Crippen LogP contribution >= 0.6 is 0 Å². The van der Waals surface area contributed by atoms with Crippen molar-refractivity contribution in [2.75, 3.05) is 0 Å². The van der Waals surface area contributed by atoms with Gasteiger partial charge in [0.2, 0.25) is 0 Å². The SMILES string of the molecule is Cc1cc(-c2ccc(F)cc2)cc(C)[o+]1. The van der Waals surface area contributed by atoms with Gasteiger partial charge in [-0.15, -0.1) is 0 Å². The summed E-state index contributed by atoms with van der Waals surface area (Å²) in [7, 11) is 0. The molecule has 1 heterocycles. The lowest BCUT2D eigenvalue weighted by Gasteiger charge is -1.98. The normalized spacial score (nSPS) is 10.3. The number of hydrogen-bond acceptors (Lipinski definition) is 0. The maximum Gasteiger partial charge on any atom is 0.327 e. The van der Waals surface area contributed by atoms with Gasteiger partial charge in [-0.1, -0.05) is 12.1 Å². The van der Waals surface area contributed by atoms with Crippen molar-refractivity contribution in [3.05, 3.63) is 53.7 Å².